The Morgan fingerprint density at radius 1 is 0.826 bits per heavy atom. The van der Waals surface area contributed by atoms with Crippen LogP contribution >= 0.6 is 0 Å². The molecule has 8 nitrogen and oxygen atoms in total. The van der Waals surface area contributed by atoms with E-state index in [1.807, 2.05) is 88.4 Å². The summed E-state index contributed by atoms with van der Waals surface area (Å²) < 4.78 is 35.2. The summed E-state index contributed by atoms with van der Waals surface area (Å²) in [6, 6.07) is 29.4. The number of benzene rings is 4. The molecule has 0 aromatic heterocycles. The molecular formula is C37H43N3O5S. The van der Waals surface area contributed by atoms with Gasteiger partial charge in [-0.15, -0.1) is 0 Å². The zero-order chi connectivity index (χ0) is 33.3. The van der Waals surface area contributed by atoms with E-state index in [0.29, 0.717) is 12.2 Å². The Hall–Kier alpha value is -4.63. The fourth-order valence-corrected chi connectivity index (χ4v) is 6.55. The van der Waals surface area contributed by atoms with Gasteiger partial charge < -0.3 is 15.0 Å². The van der Waals surface area contributed by atoms with Gasteiger partial charge in [0.1, 0.15) is 18.3 Å². The number of anilines is 1. The van der Waals surface area contributed by atoms with Crippen LogP contribution in [0.2, 0.25) is 0 Å². The van der Waals surface area contributed by atoms with Gasteiger partial charge in [0.2, 0.25) is 11.8 Å². The first-order chi connectivity index (χ1) is 22.0. The van der Waals surface area contributed by atoms with Crippen molar-refractivity contribution >= 4 is 27.5 Å². The van der Waals surface area contributed by atoms with E-state index in [0.717, 1.165) is 26.6 Å². The van der Waals surface area contributed by atoms with Crippen molar-refractivity contribution in [2.24, 2.45) is 0 Å². The normalized spacial score (nSPS) is 12.5. The molecule has 2 amide bonds. The highest BCUT2D eigenvalue weighted by Crippen LogP contribution is 2.34. The summed E-state index contributed by atoms with van der Waals surface area (Å²) in [5.74, 6) is -0.522. The number of sulfonamides is 1. The van der Waals surface area contributed by atoms with E-state index < -0.39 is 28.5 Å². The maximum atomic E-state index is 14.7. The molecule has 0 saturated carbocycles. The molecular weight excluding hydrogens is 598 g/mol. The van der Waals surface area contributed by atoms with Crippen molar-refractivity contribution in [2.75, 3.05) is 18.0 Å². The molecule has 1 N–H and O–H groups in total. The maximum absolute atomic E-state index is 14.7. The number of ether oxygens (including phenoxy) is 1. The highest BCUT2D eigenvalue weighted by molar-refractivity contribution is 7.92. The number of carbonyl (C=O) groups is 2. The summed E-state index contributed by atoms with van der Waals surface area (Å²) in [5, 5.41) is 3.06. The van der Waals surface area contributed by atoms with Crippen molar-refractivity contribution in [3.8, 4) is 5.75 Å². The van der Waals surface area contributed by atoms with Crippen molar-refractivity contribution in [3.63, 3.8) is 0 Å². The lowest BCUT2D eigenvalue weighted by atomic mass is 10.0. The number of aryl methyl sites for hydroxylation is 2. The average molecular weight is 642 g/mol. The summed E-state index contributed by atoms with van der Waals surface area (Å²) >= 11 is 0. The summed E-state index contributed by atoms with van der Waals surface area (Å²) in [6.07, 6.45) is 0.964. The molecule has 0 heterocycles. The molecule has 9 heteroatoms. The molecule has 4 rings (SSSR count). The van der Waals surface area contributed by atoms with E-state index in [4.69, 9.17) is 4.74 Å². The van der Waals surface area contributed by atoms with Crippen molar-refractivity contribution in [1.82, 2.24) is 10.2 Å². The molecule has 0 bridgehead atoms. The number of carbonyl (C=O) groups excluding carboxylic acids is 2. The Morgan fingerprint density at radius 2 is 1.43 bits per heavy atom. The van der Waals surface area contributed by atoms with Crippen LogP contribution in [0.3, 0.4) is 0 Å². The first-order valence-corrected chi connectivity index (χ1v) is 16.9. The predicted octanol–water partition coefficient (Wildman–Crippen LogP) is 6.06. The minimum Gasteiger partial charge on any atom is -0.495 e. The second-order valence-corrected chi connectivity index (χ2v) is 13.4. The Kier molecular flexibility index (Phi) is 11.6. The number of nitrogens with zero attached hydrogens (tertiary/aromatic N) is 2. The molecule has 4 aromatic carbocycles. The summed E-state index contributed by atoms with van der Waals surface area (Å²) in [6.45, 7) is 7.28. The van der Waals surface area contributed by atoms with Gasteiger partial charge in [0.25, 0.3) is 10.0 Å². The first-order valence-electron chi connectivity index (χ1n) is 15.4. The SMILES string of the molecule is CCC(C)NC(=O)C(Cc1ccccc1)N(Cc1ccc(C)cc1)C(=O)CN(c1cc(C)ccc1OC)S(=O)(=O)c1ccccc1. The third-order valence-corrected chi connectivity index (χ3v) is 9.73. The van der Waals surface area contributed by atoms with E-state index >= 15 is 0 Å². The highest BCUT2D eigenvalue weighted by atomic mass is 32.2. The van der Waals surface area contributed by atoms with Gasteiger partial charge in [0.15, 0.2) is 0 Å². The van der Waals surface area contributed by atoms with Crippen molar-refractivity contribution in [3.05, 3.63) is 125 Å². The number of nitrogens with one attached hydrogen (secondary N) is 1. The zero-order valence-electron chi connectivity index (χ0n) is 27.1. The second-order valence-electron chi connectivity index (χ2n) is 11.5. The molecule has 0 fully saturated rings. The van der Waals surface area contributed by atoms with Crippen LogP contribution in [0.25, 0.3) is 0 Å². The molecule has 0 saturated heterocycles. The third-order valence-electron chi connectivity index (χ3n) is 7.96. The van der Waals surface area contributed by atoms with Gasteiger partial charge in [0.05, 0.1) is 17.7 Å². The first kappa shape index (κ1) is 34.2. The molecule has 0 aliphatic rings. The van der Waals surface area contributed by atoms with E-state index in [1.54, 1.807) is 30.3 Å². The fraction of sp³-hybridized carbons (Fsp3) is 0.297. The average Bonchev–Trinajstić information content (AvgIpc) is 3.06. The van der Waals surface area contributed by atoms with Crippen LogP contribution in [0.1, 0.15) is 42.5 Å². The van der Waals surface area contributed by atoms with Crippen LogP contribution in [0, 0.1) is 13.8 Å². The molecule has 46 heavy (non-hydrogen) atoms. The molecule has 0 radical (unpaired) electrons. The summed E-state index contributed by atoms with van der Waals surface area (Å²) in [5.41, 5.74) is 3.78. The smallest absolute Gasteiger partial charge is 0.264 e. The summed E-state index contributed by atoms with van der Waals surface area (Å²) in [4.78, 5) is 30.2. The van der Waals surface area contributed by atoms with Gasteiger partial charge in [-0.1, -0.05) is 91.3 Å². The molecule has 0 aliphatic heterocycles. The number of hydrogen-bond acceptors (Lipinski definition) is 5. The van der Waals surface area contributed by atoms with Crippen LogP contribution in [0.15, 0.2) is 108 Å². The summed E-state index contributed by atoms with van der Waals surface area (Å²) in [7, 11) is -2.77. The molecule has 2 unspecified atom stereocenters. The molecule has 242 valence electrons. The predicted molar refractivity (Wildman–Crippen MR) is 182 cm³/mol. The number of rotatable bonds is 14. The third kappa shape index (κ3) is 8.54. The lowest BCUT2D eigenvalue weighted by Gasteiger charge is -2.34. The Balaban J connectivity index is 1.84. The van der Waals surface area contributed by atoms with Crippen LogP contribution in [0.5, 0.6) is 5.75 Å². The topological polar surface area (TPSA) is 96.0 Å². The van der Waals surface area contributed by atoms with Crippen molar-refractivity contribution in [2.45, 2.75) is 64.1 Å². The van der Waals surface area contributed by atoms with Gasteiger partial charge in [-0.25, -0.2) is 8.42 Å². The molecule has 2 atom stereocenters. The quantitative estimate of drug-likeness (QED) is 0.181. The van der Waals surface area contributed by atoms with Gasteiger partial charge in [-0.05, 0) is 68.1 Å². The highest BCUT2D eigenvalue weighted by Gasteiger charge is 2.35. The lowest BCUT2D eigenvalue weighted by Crippen LogP contribution is -2.54. The van der Waals surface area contributed by atoms with E-state index in [9.17, 15) is 18.0 Å². The van der Waals surface area contributed by atoms with Crippen LogP contribution in [0.4, 0.5) is 5.69 Å². The number of methoxy groups -OCH3 is 1. The Bertz CT molecular complexity index is 1710. The minimum atomic E-state index is -4.23. The zero-order valence-corrected chi connectivity index (χ0v) is 28.0. The molecule has 4 aromatic rings. The monoisotopic (exact) mass is 641 g/mol. The molecule has 0 aliphatic carbocycles. The number of hydrogen-bond donors (Lipinski definition) is 1. The van der Waals surface area contributed by atoms with Gasteiger partial charge >= 0.3 is 0 Å². The Labute approximate surface area is 273 Å². The van der Waals surface area contributed by atoms with Crippen LogP contribution in [-0.4, -0.2) is 50.9 Å². The fourth-order valence-electron chi connectivity index (χ4n) is 5.11. The van der Waals surface area contributed by atoms with Crippen molar-refractivity contribution in [1.29, 1.82) is 0 Å². The Morgan fingerprint density at radius 3 is 2.04 bits per heavy atom. The number of amides is 2. The standard InChI is InChI=1S/C37H43N3O5S/c1-6-29(4)38-37(42)34(24-30-13-9-7-10-14-30)39(25-31-20-17-27(2)18-21-31)36(41)26-40(33-23-28(3)19-22-35(33)45-5)46(43,44)32-15-11-8-12-16-32/h7-23,29,34H,6,24-26H2,1-5H3,(H,38,42). The van der Waals surface area contributed by atoms with Gasteiger partial charge in [0, 0.05) is 19.0 Å². The van der Waals surface area contributed by atoms with Gasteiger partial charge in [-0.2, -0.15) is 0 Å². The van der Waals surface area contributed by atoms with E-state index in [1.165, 1.54) is 24.1 Å². The van der Waals surface area contributed by atoms with Crippen molar-refractivity contribution < 1.29 is 22.7 Å². The van der Waals surface area contributed by atoms with E-state index in [-0.39, 0.29) is 35.5 Å². The van der Waals surface area contributed by atoms with Gasteiger partial charge in [-0.3, -0.25) is 13.9 Å². The van der Waals surface area contributed by atoms with E-state index in [2.05, 4.69) is 5.32 Å². The lowest BCUT2D eigenvalue weighted by molar-refractivity contribution is -0.140. The largest absolute Gasteiger partial charge is 0.495 e. The maximum Gasteiger partial charge on any atom is 0.264 e. The molecule has 0 spiro atoms. The van der Waals surface area contributed by atoms with Crippen LogP contribution < -0.4 is 14.4 Å². The van der Waals surface area contributed by atoms with Crippen LogP contribution in [-0.2, 0) is 32.6 Å². The minimum absolute atomic E-state index is 0.0341. The second kappa shape index (κ2) is 15.6.